The van der Waals surface area contributed by atoms with E-state index in [9.17, 15) is 9.59 Å². The third kappa shape index (κ3) is 2.73. The summed E-state index contributed by atoms with van der Waals surface area (Å²) in [4.78, 5) is 22.1. The van der Waals surface area contributed by atoms with Gasteiger partial charge in [-0.1, -0.05) is 12.7 Å². The van der Waals surface area contributed by atoms with E-state index in [1.165, 1.54) is 0 Å². The van der Waals surface area contributed by atoms with Gasteiger partial charge in [0, 0.05) is 12.1 Å². The maximum atomic E-state index is 11.3. The second-order valence-electron chi connectivity index (χ2n) is 3.23. The normalized spacial score (nSPS) is 22.9. The number of carbonyl (C=O) groups excluding carboxylic acids is 2. The van der Waals surface area contributed by atoms with Crippen molar-refractivity contribution in [2.75, 3.05) is 0 Å². The SMILES string of the molecule is C=C/C=C(\C)N[C@H]1CCC(=O)NC1=O. The van der Waals surface area contributed by atoms with E-state index < -0.39 is 0 Å². The Hall–Kier alpha value is -1.58. The predicted molar refractivity (Wildman–Crippen MR) is 53.3 cm³/mol. The Morgan fingerprint density at radius 2 is 2.36 bits per heavy atom. The number of hydrogen-bond donors (Lipinski definition) is 2. The second-order valence-corrected chi connectivity index (χ2v) is 3.23. The summed E-state index contributed by atoms with van der Waals surface area (Å²) in [7, 11) is 0. The maximum Gasteiger partial charge on any atom is 0.249 e. The molecule has 14 heavy (non-hydrogen) atoms. The molecule has 4 heteroatoms. The van der Waals surface area contributed by atoms with Crippen molar-refractivity contribution in [2.45, 2.75) is 25.8 Å². The highest BCUT2D eigenvalue weighted by Gasteiger charge is 2.25. The summed E-state index contributed by atoms with van der Waals surface area (Å²) < 4.78 is 0. The molecule has 4 nitrogen and oxygen atoms in total. The molecular formula is C10H14N2O2. The highest BCUT2D eigenvalue weighted by molar-refractivity contribution is 6.00. The van der Waals surface area contributed by atoms with Gasteiger partial charge < -0.3 is 5.32 Å². The Kier molecular flexibility index (Phi) is 3.45. The van der Waals surface area contributed by atoms with Crippen molar-refractivity contribution in [1.29, 1.82) is 0 Å². The molecule has 0 aromatic heterocycles. The molecule has 0 aliphatic carbocycles. The van der Waals surface area contributed by atoms with E-state index in [2.05, 4.69) is 17.2 Å². The minimum absolute atomic E-state index is 0.196. The van der Waals surface area contributed by atoms with Crippen LogP contribution in [0, 0.1) is 0 Å². The van der Waals surface area contributed by atoms with Crippen molar-refractivity contribution in [2.24, 2.45) is 0 Å². The minimum Gasteiger partial charge on any atom is -0.377 e. The summed E-state index contributed by atoms with van der Waals surface area (Å²) in [5.74, 6) is -0.448. The quantitative estimate of drug-likeness (QED) is 0.507. The Bertz CT molecular complexity index is 294. The summed E-state index contributed by atoms with van der Waals surface area (Å²) in [6.07, 6.45) is 4.37. The summed E-state index contributed by atoms with van der Waals surface area (Å²) in [6, 6.07) is -0.302. The molecule has 1 fully saturated rings. The zero-order valence-electron chi connectivity index (χ0n) is 8.17. The van der Waals surface area contributed by atoms with Crippen LogP contribution in [0.25, 0.3) is 0 Å². The zero-order valence-corrected chi connectivity index (χ0v) is 8.17. The van der Waals surface area contributed by atoms with Gasteiger partial charge in [-0.3, -0.25) is 14.9 Å². The van der Waals surface area contributed by atoms with E-state index in [1.807, 2.05) is 6.92 Å². The van der Waals surface area contributed by atoms with Gasteiger partial charge in [-0.2, -0.15) is 0 Å². The van der Waals surface area contributed by atoms with E-state index in [-0.39, 0.29) is 17.9 Å². The molecule has 76 valence electrons. The first-order chi connectivity index (χ1) is 6.63. The second kappa shape index (κ2) is 4.60. The molecule has 1 saturated heterocycles. The van der Waals surface area contributed by atoms with Crippen LogP contribution in [-0.4, -0.2) is 17.9 Å². The van der Waals surface area contributed by atoms with Crippen LogP contribution < -0.4 is 10.6 Å². The average Bonchev–Trinajstić information content (AvgIpc) is 2.10. The number of allylic oxidation sites excluding steroid dienone is 3. The number of nitrogens with one attached hydrogen (secondary N) is 2. The lowest BCUT2D eigenvalue weighted by atomic mass is 10.1. The molecule has 0 bridgehead atoms. The molecule has 1 rings (SSSR count). The van der Waals surface area contributed by atoms with Crippen LogP contribution in [0.5, 0.6) is 0 Å². The van der Waals surface area contributed by atoms with Crippen molar-refractivity contribution in [3.05, 3.63) is 24.4 Å². The molecule has 0 radical (unpaired) electrons. The molecule has 1 heterocycles. The first-order valence-corrected chi connectivity index (χ1v) is 4.53. The van der Waals surface area contributed by atoms with Gasteiger partial charge in [0.05, 0.1) is 0 Å². The third-order valence-electron chi connectivity index (χ3n) is 2.01. The molecule has 2 N–H and O–H groups in total. The van der Waals surface area contributed by atoms with E-state index in [0.717, 1.165) is 5.70 Å². The van der Waals surface area contributed by atoms with E-state index in [1.54, 1.807) is 12.2 Å². The first-order valence-electron chi connectivity index (χ1n) is 4.53. The van der Waals surface area contributed by atoms with Crippen LogP contribution in [-0.2, 0) is 9.59 Å². The highest BCUT2D eigenvalue weighted by atomic mass is 16.2. The fourth-order valence-electron chi connectivity index (χ4n) is 1.33. The first kappa shape index (κ1) is 10.5. The van der Waals surface area contributed by atoms with E-state index in [4.69, 9.17) is 0 Å². The molecule has 1 atom stereocenters. The van der Waals surface area contributed by atoms with Gasteiger partial charge in [0.15, 0.2) is 0 Å². The van der Waals surface area contributed by atoms with Crippen molar-refractivity contribution >= 4 is 11.8 Å². The lowest BCUT2D eigenvalue weighted by Crippen LogP contribution is -2.50. The Morgan fingerprint density at radius 1 is 1.64 bits per heavy atom. The number of hydrogen-bond acceptors (Lipinski definition) is 3. The van der Waals surface area contributed by atoms with Crippen molar-refractivity contribution in [3.63, 3.8) is 0 Å². The van der Waals surface area contributed by atoms with Crippen LogP contribution in [0.1, 0.15) is 19.8 Å². The van der Waals surface area contributed by atoms with Crippen LogP contribution >= 0.6 is 0 Å². The monoisotopic (exact) mass is 194 g/mol. The van der Waals surface area contributed by atoms with Gasteiger partial charge in [0.1, 0.15) is 6.04 Å². The van der Waals surface area contributed by atoms with Crippen LogP contribution in [0.15, 0.2) is 24.4 Å². The summed E-state index contributed by atoms with van der Waals surface area (Å²) in [6.45, 7) is 5.41. The molecular weight excluding hydrogens is 180 g/mol. The minimum atomic E-state index is -0.302. The van der Waals surface area contributed by atoms with Gasteiger partial charge in [0.25, 0.3) is 0 Å². The van der Waals surface area contributed by atoms with E-state index >= 15 is 0 Å². The van der Waals surface area contributed by atoms with Crippen molar-refractivity contribution < 1.29 is 9.59 Å². The topological polar surface area (TPSA) is 58.2 Å². The standard InChI is InChI=1S/C10H14N2O2/c1-3-4-7(2)11-8-5-6-9(13)12-10(8)14/h3-4,8,11H,1,5-6H2,2H3,(H,12,13,14)/b7-4+/t8-/m0/s1. The number of piperidine rings is 1. The Balaban J connectivity index is 2.53. The van der Waals surface area contributed by atoms with Crippen molar-refractivity contribution in [1.82, 2.24) is 10.6 Å². The molecule has 2 amide bonds. The molecule has 1 aliphatic heterocycles. The fraction of sp³-hybridized carbons (Fsp3) is 0.400. The maximum absolute atomic E-state index is 11.3. The van der Waals surface area contributed by atoms with E-state index in [0.29, 0.717) is 12.8 Å². The molecule has 0 unspecified atom stereocenters. The molecule has 0 spiro atoms. The summed E-state index contributed by atoms with van der Waals surface area (Å²) >= 11 is 0. The smallest absolute Gasteiger partial charge is 0.249 e. The molecule has 0 saturated carbocycles. The molecule has 0 aromatic rings. The summed E-state index contributed by atoms with van der Waals surface area (Å²) in [5.41, 5.74) is 0.870. The van der Waals surface area contributed by atoms with Gasteiger partial charge in [0.2, 0.25) is 11.8 Å². The fourth-order valence-corrected chi connectivity index (χ4v) is 1.33. The largest absolute Gasteiger partial charge is 0.377 e. The molecule has 1 aliphatic rings. The number of rotatable bonds is 3. The van der Waals surface area contributed by atoms with Gasteiger partial charge >= 0.3 is 0 Å². The Labute approximate surface area is 83.1 Å². The lowest BCUT2D eigenvalue weighted by Gasteiger charge is -2.22. The van der Waals surface area contributed by atoms with Gasteiger partial charge in [-0.25, -0.2) is 0 Å². The summed E-state index contributed by atoms with van der Waals surface area (Å²) in [5, 5.41) is 5.30. The third-order valence-corrected chi connectivity index (χ3v) is 2.01. The predicted octanol–water partition coefficient (Wildman–Crippen LogP) is 0.471. The number of imide groups is 1. The van der Waals surface area contributed by atoms with Gasteiger partial charge in [-0.05, 0) is 19.4 Å². The zero-order chi connectivity index (χ0) is 10.6. The van der Waals surface area contributed by atoms with Gasteiger partial charge in [-0.15, -0.1) is 0 Å². The van der Waals surface area contributed by atoms with Crippen LogP contribution in [0.2, 0.25) is 0 Å². The van der Waals surface area contributed by atoms with Crippen molar-refractivity contribution in [3.8, 4) is 0 Å². The number of amides is 2. The molecule has 0 aromatic carbocycles. The van der Waals surface area contributed by atoms with Crippen LogP contribution in [0.4, 0.5) is 0 Å². The Morgan fingerprint density at radius 3 is 2.93 bits per heavy atom. The average molecular weight is 194 g/mol. The highest BCUT2D eigenvalue weighted by Crippen LogP contribution is 2.05. The number of carbonyl (C=O) groups is 2. The lowest BCUT2D eigenvalue weighted by molar-refractivity contribution is -0.134. The van der Waals surface area contributed by atoms with Crippen LogP contribution in [0.3, 0.4) is 0 Å².